The van der Waals surface area contributed by atoms with E-state index >= 15 is 0 Å². The van der Waals surface area contributed by atoms with Crippen molar-refractivity contribution in [2.45, 2.75) is 0 Å². The average Bonchev–Trinajstić information content (AvgIpc) is 1.52. The summed E-state index contributed by atoms with van der Waals surface area (Å²) >= 11 is 0. The molecule has 7 aromatic heterocycles. The van der Waals surface area contributed by atoms with Crippen molar-refractivity contribution in [3.63, 3.8) is 0 Å². The minimum atomic E-state index is 0.625. The molecule has 8 nitrogen and oxygen atoms in total. The first-order valence-corrected chi connectivity index (χ1v) is 36.0. The highest BCUT2D eigenvalue weighted by Gasteiger charge is 2.22. The van der Waals surface area contributed by atoms with Crippen LogP contribution in [0.2, 0.25) is 0 Å². The van der Waals surface area contributed by atoms with Gasteiger partial charge in [-0.05, 0) is 184 Å². The lowest BCUT2D eigenvalue weighted by molar-refractivity contribution is 0.668. The maximum absolute atomic E-state index is 6.44. The Labute approximate surface area is 605 Å². The molecule has 23 aromatic rings. The van der Waals surface area contributed by atoms with E-state index in [-0.39, 0.29) is 0 Å². The molecule has 492 valence electrons. The molecule has 0 bridgehead atoms. The summed E-state index contributed by atoms with van der Waals surface area (Å²) in [5.74, 6) is 0.625. The highest BCUT2D eigenvalue weighted by molar-refractivity contribution is 6.15. The van der Waals surface area contributed by atoms with Gasteiger partial charge in [0.05, 0.1) is 44.3 Å². The fourth-order valence-corrected chi connectivity index (χ4v) is 17.0. The van der Waals surface area contributed by atoms with E-state index in [1.165, 1.54) is 32.3 Å². The molecule has 0 saturated heterocycles. The molecule has 0 spiro atoms. The van der Waals surface area contributed by atoms with E-state index < -0.39 is 0 Å². The van der Waals surface area contributed by atoms with Gasteiger partial charge in [0.2, 0.25) is 0 Å². The maximum Gasteiger partial charge on any atom is 0.160 e. The molecular formula is C98H57N5O3. The minimum absolute atomic E-state index is 0.625. The zero-order chi connectivity index (χ0) is 69.2. The molecule has 0 radical (unpaired) electrons. The molecule has 23 rings (SSSR count). The van der Waals surface area contributed by atoms with E-state index in [9.17, 15) is 0 Å². The molecular weight excluding hydrogens is 1300 g/mol. The van der Waals surface area contributed by atoms with Crippen LogP contribution in [0.1, 0.15) is 0 Å². The van der Waals surface area contributed by atoms with Gasteiger partial charge in [0.1, 0.15) is 33.5 Å². The Bertz CT molecular complexity index is 7660. The van der Waals surface area contributed by atoms with Gasteiger partial charge in [-0.1, -0.05) is 206 Å². The number of furan rings is 3. The van der Waals surface area contributed by atoms with Crippen molar-refractivity contribution in [1.82, 2.24) is 23.7 Å². The summed E-state index contributed by atoms with van der Waals surface area (Å²) < 4.78 is 26.4. The summed E-state index contributed by atoms with van der Waals surface area (Å²) in [6.45, 7) is 0. The normalized spacial score (nSPS) is 12.2. The quantitative estimate of drug-likeness (QED) is 0.144. The van der Waals surface area contributed by atoms with Crippen LogP contribution >= 0.6 is 0 Å². The lowest BCUT2D eigenvalue weighted by Crippen LogP contribution is -1.99. The monoisotopic (exact) mass is 1350 g/mol. The topological polar surface area (TPSA) is 80.0 Å². The highest BCUT2D eigenvalue weighted by atomic mass is 16.3. The van der Waals surface area contributed by atoms with Crippen molar-refractivity contribution in [3.05, 3.63) is 346 Å². The Morgan fingerprint density at radius 3 is 0.962 bits per heavy atom. The number of aromatic nitrogens is 5. The highest BCUT2D eigenvalue weighted by Crippen LogP contribution is 2.44. The number of nitrogens with zero attached hydrogens (tertiary/aromatic N) is 5. The molecule has 0 aliphatic carbocycles. The van der Waals surface area contributed by atoms with E-state index in [2.05, 4.69) is 323 Å². The molecule has 0 fully saturated rings. The molecule has 0 atom stereocenters. The Balaban J connectivity index is 0.668. The van der Waals surface area contributed by atoms with Crippen LogP contribution in [-0.4, -0.2) is 23.7 Å². The summed E-state index contributed by atoms with van der Waals surface area (Å²) in [7, 11) is 0. The second-order valence-corrected chi connectivity index (χ2v) is 28.0. The third kappa shape index (κ3) is 8.95. The third-order valence-corrected chi connectivity index (χ3v) is 22.1. The van der Waals surface area contributed by atoms with Crippen molar-refractivity contribution in [1.29, 1.82) is 0 Å². The van der Waals surface area contributed by atoms with Gasteiger partial charge in [-0.25, -0.2) is 9.97 Å². The van der Waals surface area contributed by atoms with Crippen molar-refractivity contribution in [2.75, 3.05) is 0 Å². The predicted molar refractivity (Wildman–Crippen MR) is 437 cm³/mol. The Kier molecular flexibility index (Phi) is 12.4. The summed E-state index contributed by atoms with van der Waals surface area (Å²) in [5, 5.41) is 14.7. The zero-order valence-corrected chi connectivity index (χ0v) is 56.9. The maximum atomic E-state index is 6.44. The van der Waals surface area contributed by atoms with E-state index in [1.807, 2.05) is 36.4 Å². The summed E-state index contributed by atoms with van der Waals surface area (Å²) in [4.78, 5) is 11.3. The van der Waals surface area contributed by atoms with Crippen LogP contribution in [0, 0.1) is 0 Å². The van der Waals surface area contributed by atoms with Crippen LogP contribution in [0.15, 0.2) is 359 Å². The number of rotatable bonds is 9. The van der Waals surface area contributed by atoms with Crippen LogP contribution in [0.5, 0.6) is 0 Å². The first-order chi connectivity index (χ1) is 52.5. The fraction of sp³-hybridized carbons (Fsp3) is 0. The fourth-order valence-electron chi connectivity index (χ4n) is 17.0. The second kappa shape index (κ2) is 22.6. The van der Waals surface area contributed by atoms with Crippen molar-refractivity contribution in [3.8, 4) is 84.2 Å². The van der Waals surface area contributed by atoms with E-state index in [0.29, 0.717) is 5.82 Å². The summed E-state index contributed by atoms with van der Waals surface area (Å²) in [6, 6.07) is 124. The van der Waals surface area contributed by atoms with Gasteiger partial charge in [-0.15, -0.1) is 0 Å². The first kappa shape index (κ1) is 58.3. The molecule has 0 saturated carbocycles. The SMILES string of the molecule is c1cc(-c2nc(-c3cccc(-n4c5ccccc5c5ccc(-c6ccc7c(c6)oc6ccccc67)cc54)c3)c3cc(-c4ccc(-n5c6ccccc6c6ccc(-c7ccc8c(c7)oc7ccccc78)cc65)cc4)ccc3n2)cc(-n2c3ccccc3c3ccc(-c4ccc5c(c4)oc4ccccc45)cc32)c1. The zero-order valence-electron chi connectivity index (χ0n) is 56.9. The minimum Gasteiger partial charge on any atom is -0.456 e. The lowest BCUT2D eigenvalue weighted by atomic mass is 9.99. The van der Waals surface area contributed by atoms with Gasteiger partial charge in [0.15, 0.2) is 5.82 Å². The van der Waals surface area contributed by atoms with E-state index in [0.717, 1.165) is 188 Å². The number of hydrogen-bond acceptors (Lipinski definition) is 5. The van der Waals surface area contributed by atoms with Crippen molar-refractivity contribution >= 4 is 142 Å². The smallest absolute Gasteiger partial charge is 0.160 e. The average molecular weight is 1350 g/mol. The Morgan fingerprint density at radius 1 is 0.179 bits per heavy atom. The van der Waals surface area contributed by atoms with Crippen LogP contribution in [0.3, 0.4) is 0 Å². The Hall–Kier alpha value is -14.3. The molecule has 7 heterocycles. The molecule has 16 aromatic carbocycles. The summed E-state index contributed by atoms with van der Waals surface area (Å²) in [5.41, 5.74) is 27.3. The molecule has 0 aliphatic heterocycles. The van der Waals surface area contributed by atoms with Crippen molar-refractivity contribution < 1.29 is 13.3 Å². The molecule has 0 amide bonds. The van der Waals surface area contributed by atoms with Gasteiger partial charge in [0.25, 0.3) is 0 Å². The number of hydrogen-bond donors (Lipinski definition) is 0. The molecule has 0 N–H and O–H groups in total. The van der Waals surface area contributed by atoms with Gasteiger partial charge >= 0.3 is 0 Å². The van der Waals surface area contributed by atoms with Crippen molar-refractivity contribution in [2.24, 2.45) is 0 Å². The predicted octanol–water partition coefficient (Wildman–Crippen LogP) is 26.6. The molecule has 0 aliphatic rings. The standard InChI is InChI=1S/C98H57N5O3/c1-7-25-85-71(19-1)74-42-33-60(63-36-45-80-77-22-4-10-28-91(77)104-94(80)55-63)52-88(74)101(85)68-40-31-58(32-41-68)59-39-48-84-83(51-59)97(66-15-13-17-69(49-66)102-86-26-8-2-20-72(86)75-43-34-61(53-89(75)102)64-37-46-81-78-23-5-11-29-92(78)105-95(81)56-64)100-98(99-84)67-16-14-18-70(50-67)103-87-27-9-3-21-73(87)76-44-35-62(54-90(76)103)65-38-47-82-79-24-6-12-30-93(79)106-96(82)57-65/h1-57H. The van der Waals surface area contributed by atoms with E-state index in [4.69, 9.17) is 23.2 Å². The van der Waals surface area contributed by atoms with E-state index in [1.54, 1.807) is 0 Å². The Morgan fingerprint density at radius 2 is 0.509 bits per heavy atom. The molecule has 8 heteroatoms. The summed E-state index contributed by atoms with van der Waals surface area (Å²) in [6.07, 6.45) is 0. The van der Waals surface area contributed by atoms with Crippen LogP contribution in [0.4, 0.5) is 0 Å². The van der Waals surface area contributed by atoms with Crippen LogP contribution in [-0.2, 0) is 0 Å². The third-order valence-electron chi connectivity index (χ3n) is 22.1. The van der Waals surface area contributed by atoms with Crippen LogP contribution < -0.4 is 0 Å². The second-order valence-electron chi connectivity index (χ2n) is 28.0. The molecule has 0 unspecified atom stereocenters. The largest absolute Gasteiger partial charge is 0.456 e. The van der Waals surface area contributed by atoms with Gasteiger partial charge in [-0.3, -0.25) is 0 Å². The first-order valence-electron chi connectivity index (χ1n) is 36.0. The van der Waals surface area contributed by atoms with Gasteiger partial charge < -0.3 is 27.0 Å². The number of benzene rings is 16. The van der Waals surface area contributed by atoms with Crippen LogP contribution in [0.25, 0.3) is 226 Å². The number of para-hydroxylation sites is 6. The van der Waals surface area contributed by atoms with Gasteiger partial charge in [0, 0.05) is 98.2 Å². The van der Waals surface area contributed by atoms with Gasteiger partial charge in [-0.2, -0.15) is 0 Å². The molecule has 106 heavy (non-hydrogen) atoms. The number of fused-ring (bicyclic) bond motifs is 19. The lowest BCUT2D eigenvalue weighted by Gasteiger charge is -2.15.